The molecule has 0 unspecified atom stereocenters. The van der Waals surface area contributed by atoms with Crippen molar-refractivity contribution in [2.45, 2.75) is 25.4 Å². The summed E-state index contributed by atoms with van der Waals surface area (Å²) in [5, 5.41) is 0. The monoisotopic (exact) mass is 129 g/mol. The van der Waals surface area contributed by atoms with Gasteiger partial charge in [0, 0.05) is 7.11 Å². The molecule has 0 spiro atoms. The fourth-order valence-corrected chi connectivity index (χ4v) is 1.49. The molecule has 1 rings (SSSR count). The first-order valence-electron chi connectivity index (χ1n) is 3.45. The van der Waals surface area contributed by atoms with E-state index in [-0.39, 0.29) is 5.60 Å². The third-order valence-corrected chi connectivity index (χ3v) is 2.27. The first kappa shape index (κ1) is 7.03. The molecule has 0 radical (unpaired) electrons. The third kappa shape index (κ3) is 1.25. The minimum absolute atomic E-state index is 0.157. The van der Waals surface area contributed by atoms with Gasteiger partial charge in [0.15, 0.2) is 0 Å². The Kier molecular flexibility index (Phi) is 1.78. The molecule has 0 aromatic heterocycles. The van der Waals surface area contributed by atoms with Gasteiger partial charge in [-0.25, -0.2) is 0 Å². The van der Waals surface area contributed by atoms with Crippen molar-refractivity contribution in [2.24, 2.45) is 11.7 Å². The SMILES string of the molecule is COC1(C)CC(CN)C1. The summed E-state index contributed by atoms with van der Waals surface area (Å²) < 4.78 is 5.25. The van der Waals surface area contributed by atoms with Gasteiger partial charge in [-0.1, -0.05) is 0 Å². The number of hydrogen-bond donors (Lipinski definition) is 1. The minimum atomic E-state index is 0.157. The highest BCUT2D eigenvalue weighted by Crippen LogP contribution is 2.38. The molecule has 9 heavy (non-hydrogen) atoms. The zero-order chi connectivity index (χ0) is 6.91. The predicted octanol–water partition coefficient (Wildman–Crippen LogP) is 0.760. The number of methoxy groups -OCH3 is 1. The van der Waals surface area contributed by atoms with Crippen LogP contribution in [0.4, 0.5) is 0 Å². The van der Waals surface area contributed by atoms with Crippen LogP contribution in [-0.4, -0.2) is 19.3 Å². The standard InChI is InChI=1S/C7H15NO/c1-7(9-2)3-6(4-7)5-8/h6H,3-5,8H2,1-2H3. The molecule has 1 saturated carbocycles. The molecule has 0 aromatic rings. The minimum Gasteiger partial charge on any atom is -0.379 e. The second-order valence-corrected chi connectivity index (χ2v) is 3.16. The van der Waals surface area contributed by atoms with E-state index in [0.717, 1.165) is 25.3 Å². The van der Waals surface area contributed by atoms with Crippen molar-refractivity contribution >= 4 is 0 Å². The van der Waals surface area contributed by atoms with Gasteiger partial charge in [0.05, 0.1) is 5.60 Å². The van der Waals surface area contributed by atoms with Gasteiger partial charge in [0.25, 0.3) is 0 Å². The molecule has 1 aliphatic carbocycles. The van der Waals surface area contributed by atoms with Crippen LogP contribution >= 0.6 is 0 Å². The first-order chi connectivity index (χ1) is 4.20. The maximum absolute atomic E-state index is 5.45. The van der Waals surface area contributed by atoms with E-state index >= 15 is 0 Å². The van der Waals surface area contributed by atoms with Crippen molar-refractivity contribution in [1.82, 2.24) is 0 Å². The van der Waals surface area contributed by atoms with E-state index in [2.05, 4.69) is 6.92 Å². The van der Waals surface area contributed by atoms with E-state index < -0.39 is 0 Å². The molecule has 54 valence electrons. The highest BCUT2D eigenvalue weighted by molar-refractivity contribution is 4.91. The van der Waals surface area contributed by atoms with Crippen LogP contribution < -0.4 is 5.73 Å². The van der Waals surface area contributed by atoms with Gasteiger partial charge >= 0.3 is 0 Å². The lowest BCUT2D eigenvalue weighted by molar-refractivity contribution is -0.0874. The molecular formula is C7H15NO. The highest BCUT2D eigenvalue weighted by Gasteiger charge is 2.39. The van der Waals surface area contributed by atoms with Gasteiger partial charge in [0.2, 0.25) is 0 Å². The number of ether oxygens (including phenoxy) is 1. The smallest absolute Gasteiger partial charge is 0.0657 e. The molecule has 0 heterocycles. The Morgan fingerprint density at radius 3 is 2.56 bits per heavy atom. The average molecular weight is 129 g/mol. The summed E-state index contributed by atoms with van der Waals surface area (Å²) in [6, 6.07) is 0. The van der Waals surface area contributed by atoms with Gasteiger partial charge < -0.3 is 10.5 Å². The quantitative estimate of drug-likeness (QED) is 0.597. The summed E-state index contributed by atoms with van der Waals surface area (Å²) in [6.45, 7) is 2.96. The van der Waals surface area contributed by atoms with Crippen LogP contribution in [0.25, 0.3) is 0 Å². The van der Waals surface area contributed by atoms with E-state index in [1.54, 1.807) is 7.11 Å². The fourth-order valence-electron chi connectivity index (χ4n) is 1.49. The van der Waals surface area contributed by atoms with E-state index in [4.69, 9.17) is 10.5 Å². The summed E-state index contributed by atoms with van der Waals surface area (Å²) in [5.74, 6) is 0.718. The maximum atomic E-state index is 5.45. The van der Waals surface area contributed by atoms with Crippen molar-refractivity contribution in [3.63, 3.8) is 0 Å². The van der Waals surface area contributed by atoms with Crippen molar-refractivity contribution in [2.75, 3.05) is 13.7 Å². The zero-order valence-corrected chi connectivity index (χ0v) is 6.18. The Hall–Kier alpha value is -0.0800. The lowest BCUT2D eigenvalue weighted by atomic mass is 9.72. The molecule has 0 amide bonds. The van der Waals surface area contributed by atoms with Crippen LogP contribution in [0.3, 0.4) is 0 Å². The summed E-state index contributed by atoms with van der Waals surface area (Å²) in [6.07, 6.45) is 2.28. The molecule has 0 atom stereocenters. The topological polar surface area (TPSA) is 35.2 Å². The molecule has 2 heteroatoms. The second-order valence-electron chi connectivity index (χ2n) is 3.16. The van der Waals surface area contributed by atoms with Crippen LogP contribution in [0.2, 0.25) is 0 Å². The van der Waals surface area contributed by atoms with E-state index in [0.29, 0.717) is 0 Å². The van der Waals surface area contributed by atoms with E-state index in [1.807, 2.05) is 0 Å². The van der Waals surface area contributed by atoms with Crippen LogP contribution in [0.5, 0.6) is 0 Å². The predicted molar refractivity (Wildman–Crippen MR) is 37.2 cm³/mol. The van der Waals surface area contributed by atoms with Gasteiger partial charge in [-0.15, -0.1) is 0 Å². The number of hydrogen-bond acceptors (Lipinski definition) is 2. The Balaban J connectivity index is 2.24. The molecule has 1 aliphatic rings. The molecular weight excluding hydrogens is 114 g/mol. The van der Waals surface area contributed by atoms with Crippen molar-refractivity contribution in [3.05, 3.63) is 0 Å². The Bertz CT molecular complexity index is 97.1. The Morgan fingerprint density at radius 1 is 1.67 bits per heavy atom. The molecule has 0 aromatic carbocycles. The fraction of sp³-hybridized carbons (Fsp3) is 1.00. The molecule has 0 bridgehead atoms. The van der Waals surface area contributed by atoms with Crippen LogP contribution in [0.15, 0.2) is 0 Å². The Morgan fingerprint density at radius 2 is 2.22 bits per heavy atom. The summed E-state index contributed by atoms with van der Waals surface area (Å²) in [4.78, 5) is 0. The number of nitrogens with two attached hydrogens (primary N) is 1. The van der Waals surface area contributed by atoms with Crippen LogP contribution in [0, 0.1) is 5.92 Å². The van der Waals surface area contributed by atoms with Crippen molar-refractivity contribution in [3.8, 4) is 0 Å². The second kappa shape index (κ2) is 2.27. The van der Waals surface area contributed by atoms with Gasteiger partial charge in [-0.3, -0.25) is 0 Å². The van der Waals surface area contributed by atoms with Crippen molar-refractivity contribution < 1.29 is 4.74 Å². The summed E-state index contributed by atoms with van der Waals surface area (Å²) >= 11 is 0. The van der Waals surface area contributed by atoms with Gasteiger partial charge in [-0.2, -0.15) is 0 Å². The molecule has 1 fully saturated rings. The van der Waals surface area contributed by atoms with Crippen LogP contribution in [0.1, 0.15) is 19.8 Å². The molecule has 0 aliphatic heterocycles. The van der Waals surface area contributed by atoms with Gasteiger partial charge in [-0.05, 0) is 32.2 Å². The highest BCUT2D eigenvalue weighted by atomic mass is 16.5. The average Bonchev–Trinajstić information content (AvgIpc) is 1.81. The van der Waals surface area contributed by atoms with E-state index in [1.165, 1.54) is 0 Å². The first-order valence-corrected chi connectivity index (χ1v) is 3.45. The zero-order valence-electron chi connectivity index (χ0n) is 6.18. The number of rotatable bonds is 2. The molecule has 0 saturated heterocycles. The lowest BCUT2D eigenvalue weighted by Gasteiger charge is -2.43. The van der Waals surface area contributed by atoms with Crippen LogP contribution in [-0.2, 0) is 4.74 Å². The van der Waals surface area contributed by atoms with Gasteiger partial charge in [0.1, 0.15) is 0 Å². The Labute approximate surface area is 56.4 Å². The summed E-state index contributed by atoms with van der Waals surface area (Å²) in [5.41, 5.74) is 5.61. The normalized spacial score (nSPS) is 42.3. The third-order valence-electron chi connectivity index (χ3n) is 2.27. The molecule has 2 N–H and O–H groups in total. The lowest BCUT2D eigenvalue weighted by Crippen LogP contribution is -2.45. The van der Waals surface area contributed by atoms with E-state index in [9.17, 15) is 0 Å². The molecule has 2 nitrogen and oxygen atoms in total. The van der Waals surface area contributed by atoms with Crippen molar-refractivity contribution in [1.29, 1.82) is 0 Å². The largest absolute Gasteiger partial charge is 0.379 e. The maximum Gasteiger partial charge on any atom is 0.0657 e. The summed E-state index contributed by atoms with van der Waals surface area (Å²) in [7, 11) is 1.77.